The van der Waals surface area contributed by atoms with E-state index in [2.05, 4.69) is 0 Å². The van der Waals surface area contributed by atoms with Gasteiger partial charge in [-0.25, -0.2) is 4.98 Å². The Morgan fingerprint density at radius 1 is 0.808 bits per heavy atom. The number of benzene rings is 1. The number of nitrogens with zero attached hydrogens (tertiary/aromatic N) is 2. The van der Waals surface area contributed by atoms with Crippen LogP contribution in [0.1, 0.15) is 75.8 Å². The summed E-state index contributed by atoms with van der Waals surface area (Å²) in [5.41, 5.74) is 1.82. The summed E-state index contributed by atoms with van der Waals surface area (Å²) in [6.07, 6.45) is -10.8. The molecule has 4 nitrogen and oxygen atoms in total. The van der Waals surface area contributed by atoms with Crippen LogP contribution >= 0.6 is 0 Å². The van der Waals surface area contributed by atoms with E-state index in [1.54, 1.807) is 25.1 Å². The molecule has 2 aromatic heterocycles. The summed E-state index contributed by atoms with van der Waals surface area (Å²) in [6.45, 7) is 11.1. The van der Waals surface area contributed by atoms with Gasteiger partial charge in [0.15, 0.2) is 8.32 Å². The Bertz CT molecular complexity index is 1880. The van der Waals surface area contributed by atoms with Crippen molar-refractivity contribution < 1.29 is 61.5 Å². The zero-order valence-corrected chi connectivity index (χ0v) is 30.1. The number of aryl methyl sites for hydroxylation is 1. The maximum Gasteiger partial charge on any atom is 0.460 e. The minimum atomic E-state index is -7.96. The molecule has 0 radical (unpaired) electrons. The fourth-order valence-electron chi connectivity index (χ4n) is 6.95. The summed E-state index contributed by atoms with van der Waals surface area (Å²) in [5.74, 6) is -37.2. The first-order chi connectivity index (χ1) is 23.6. The molecule has 290 valence electrons. The quantitative estimate of drug-likeness (QED) is 0.100. The lowest BCUT2D eigenvalue weighted by atomic mass is 9.93. The Morgan fingerprint density at radius 3 is 1.87 bits per heavy atom. The highest BCUT2D eigenvalue weighted by molar-refractivity contribution is 6.76. The van der Waals surface area contributed by atoms with Crippen LogP contribution in [0.5, 0.6) is 0 Å². The van der Waals surface area contributed by atoms with Crippen LogP contribution in [0.3, 0.4) is 0 Å². The number of hydrogen-bond donors (Lipinski definition) is 0. The molecule has 0 aliphatic carbocycles. The Balaban J connectivity index is 1.75. The molecule has 0 saturated carbocycles. The van der Waals surface area contributed by atoms with Gasteiger partial charge < -0.3 is 8.99 Å². The number of rotatable bonds is 13. The highest BCUT2D eigenvalue weighted by Gasteiger charge is 2.90. The van der Waals surface area contributed by atoms with Crippen LogP contribution in [-0.2, 0) is 11.0 Å². The van der Waals surface area contributed by atoms with E-state index in [-0.39, 0.29) is 18.5 Å². The van der Waals surface area contributed by atoms with Gasteiger partial charge in [-0.2, -0.15) is 57.1 Å². The number of para-hydroxylation sites is 1. The van der Waals surface area contributed by atoms with Crippen molar-refractivity contribution in [2.45, 2.75) is 127 Å². The number of halogens is 13. The number of aromatic nitrogens is 2. The average molecular weight is 781 g/mol. The van der Waals surface area contributed by atoms with Gasteiger partial charge in [-0.15, -0.1) is 0 Å². The topological polar surface area (TPSA) is 44.1 Å². The number of alkyl halides is 13. The Labute approximate surface area is 291 Å². The Morgan fingerprint density at radius 2 is 1.35 bits per heavy atom. The second kappa shape index (κ2) is 13.3. The first kappa shape index (κ1) is 41.6. The molecule has 3 aromatic rings. The summed E-state index contributed by atoms with van der Waals surface area (Å²) in [4.78, 5) is 18.5. The molecule has 18 heteroatoms. The van der Waals surface area contributed by atoms with E-state index in [0.29, 0.717) is 22.5 Å². The number of fused-ring (bicyclic) bond motifs is 4. The second-order valence-electron chi connectivity index (χ2n) is 13.9. The normalized spacial score (nSPS) is 15.5. The van der Waals surface area contributed by atoms with Gasteiger partial charge in [-0.1, -0.05) is 52.8 Å². The lowest BCUT2D eigenvalue weighted by molar-refractivity contribution is -0.440. The summed E-state index contributed by atoms with van der Waals surface area (Å²) in [5, 5.41) is 0.872. The van der Waals surface area contributed by atoms with E-state index in [9.17, 15) is 53.1 Å². The van der Waals surface area contributed by atoms with Crippen molar-refractivity contribution in [1.29, 1.82) is 0 Å². The minimum Gasteiger partial charge on any atom is -0.409 e. The zero-order valence-electron chi connectivity index (χ0n) is 29.1. The maximum atomic E-state index is 15.1. The maximum absolute atomic E-state index is 15.1. The minimum absolute atomic E-state index is 0.0817. The fourth-order valence-corrected chi connectivity index (χ4v) is 11.6. The van der Waals surface area contributed by atoms with Crippen molar-refractivity contribution in [2.75, 3.05) is 0 Å². The smallest absolute Gasteiger partial charge is 0.409 e. The fraction of sp³-hybridized carbons (Fsp3) is 0.588. The lowest BCUT2D eigenvalue weighted by Gasteiger charge is -2.44. The van der Waals surface area contributed by atoms with Crippen LogP contribution in [0.25, 0.3) is 22.3 Å². The molecule has 0 bridgehead atoms. The molecule has 1 unspecified atom stereocenters. The van der Waals surface area contributed by atoms with Gasteiger partial charge in [0.2, 0.25) is 0 Å². The van der Waals surface area contributed by atoms with E-state index >= 15 is 8.78 Å². The van der Waals surface area contributed by atoms with Gasteiger partial charge in [0.25, 0.3) is 5.56 Å². The average Bonchev–Trinajstić information content (AvgIpc) is 3.40. The van der Waals surface area contributed by atoms with Crippen molar-refractivity contribution in [2.24, 2.45) is 0 Å². The lowest BCUT2D eigenvalue weighted by Crippen LogP contribution is -2.70. The molecule has 1 aliphatic heterocycles. The third-order valence-corrected chi connectivity index (χ3v) is 15.9. The summed E-state index contributed by atoms with van der Waals surface area (Å²) in [7, 11) is -3.96. The van der Waals surface area contributed by atoms with E-state index in [0.717, 1.165) is 16.5 Å². The molecule has 1 aliphatic rings. The molecule has 0 amide bonds. The first-order valence-corrected chi connectivity index (χ1v) is 18.6. The van der Waals surface area contributed by atoms with Gasteiger partial charge in [0.1, 0.15) is 0 Å². The summed E-state index contributed by atoms with van der Waals surface area (Å²) >= 11 is 0. The molecular weight excluding hydrogens is 743 g/mol. The van der Waals surface area contributed by atoms with E-state index < -0.39 is 79.3 Å². The van der Waals surface area contributed by atoms with Crippen molar-refractivity contribution in [3.05, 3.63) is 62.9 Å². The van der Waals surface area contributed by atoms with Crippen molar-refractivity contribution >= 4 is 19.2 Å². The molecule has 4 rings (SSSR count). The zero-order chi connectivity index (χ0) is 39.8. The molecule has 0 spiro atoms. The van der Waals surface area contributed by atoms with Crippen LogP contribution in [0.4, 0.5) is 57.1 Å². The van der Waals surface area contributed by atoms with Crippen LogP contribution < -0.4 is 5.56 Å². The molecule has 0 N–H and O–H groups in total. The largest absolute Gasteiger partial charge is 0.460 e. The number of hydrogen-bond acceptors (Lipinski definition) is 3. The van der Waals surface area contributed by atoms with Crippen LogP contribution in [-0.4, -0.2) is 53.7 Å². The van der Waals surface area contributed by atoms with E-state index in [4.69, 9.17) is 9.41 Å². The highest BCUT2D eigenvalue weighted by Crippen LogP contribution is 2.61. The molecular formula is C34H37F13N2O2Si. The molecule has 3 heterocycles. The first-order valence-electron chi connectivity index (χ1n) is 16.3. The molecule has 0 fully saturated rings. The third-order valence-electron chi connectivity index (χ3n) is 10.3. The van der Waals surface area contributed by atoms with Gasteiger partial charge in [0, 0.05) is 22.9 Å². The third kappa shape index (κ3) is 6.12. The van der Waals surface area contributed by atoms with Gasteiger partial charge in [-0.05, 0) is 60.7 Å². The van der Waals surface area contributed by atoms with Crippen molar-refractivity contribution in [3.8, 4) is 11.4 Å². The predicted octanol–water partition coefficient (Wildman–Crippen LogP) is 11.4. The highest BCUT2D eigenvalue weighted by atomic mass is 28.4. The SMILES string of the molecule is CCC(O[Si](CCC(F)(F)C(F)(F)C(F)(F)C(F)(F)C(F)(F)C(F)(F)F)(C(C)C)C(C)C)c1cc2n(c(=O)c1C)Cc1c-2nc2ccccc2c1C. The summed E-state index contributed by atoms with van der Waals surface area (Å²) in [6, 6.07) is 7.82. The van der Waals surface area contributed by atoms with Crippen LogP contribution in [0.2, 0.25) is 17.1 Å². The van der Waals surface area contributed by atoms with E-state index in [1.165, 1.54) is 39.2 Å². The monoisotopic (exact) mass is 780 g/mol. The molecule has 52 heavy (non-hydrogen) atoms. The van der Waals surface area contributed by atoms with Crippen molar-refractivity contribution in [1.82, 2.24) is 9.55 Å². The Kier molecular flexibility index (Phi) is 10.6. The molecule has 1 atom stereocenters. The van der Waals surface area contributed by atoms with Gasteiger partial charge in [0.05, 0.1) is 29.6 Å². The second-order valence-corrected chi connectivity index (χ2v) is 18.8. The molecule has 0 saturated heterocycles. The molecule has 1 aromatic carbocycles. The van der Waals surface area contributed by atoms with Crippen LogP contribution in [0, 0.1) is 13.8 Å². The standard InChI is InChI=1S/C34H37F13N2O2Si/c1-8-26(22-15-25-27-23(16-49(25)28(50)20(22)7)19(6)21-11-9-10-12-24(21)48-27)51-52(17(2)3,18(4)5)14-13-29(35,36)30(37,38)31(39,40)32(41,42)33(43,44)34(45,46)47/h9-12,15,17-18,26H,8,13-14,16H2,1-7H3. The summed E-state index contributed by atoms with van der Waals surface area (Å²) < 4.78 is 189. The van der Waals surface area contributed by atoms with Crippen molar-refractivity contribution in [3.63, 3.8) is 0 Å². The van der Waals surface area contributed by atoms with Gasteiger partial charge >= 0.3 is 35.8 Å². The number of pyridine rings is 2. The Hall–Kier alpha value is -3.15. The van der Waals surface area contributed by atoms with E-state index in [1.807, 2.05) is 19.1 Å². The predicted molar refractivity (Wildman–Crippen MR) is 170 cm³/mol. The van der Waals surface area contributed by atoms with Crippen LogP contribution in [0.15, 0.2) is 35.1 Å². The van der Waals surface area contributed by atoms with Gasteiger partial charge in [-0.3, -0.25) is 4.79 Å².